The number of rotatable bonds is 7. The fourth-order valence-electron chi connectivity index (χ4n) is 3.21. The third-order valence-corrected chi connectivity index (χ3v) is 5.65. The van der Waals surface area contributed by atoms with E-state index in [2.05, 4.69) is 75.3 Å². The Balaban J connectivity index is 1.52. The molecule has 0 unspecified atom stereocenters. The monoisotopic (exact) mass is 398 g/mol. The van der Waals surface area contributed by atoms with E-state index in [9.17, 15) is 0 Å². The van der Waals surface area contributed by atoms with Gasteiger partial charge in [0.15, 0.2) is 5.96 Å². The number of hydrogen-bond donors (Lipinski definition) is 2. The minimum atomic E-state index is 0.754. The summed E-state index contributed by atoms with van der Waals surface area (Å²) in [6, 6.07) is 17.2. The molecule has 6 heteroatoms. The first kappa shape index (κ1) is 20.7. The SMILES string of the molecule is CN=C(NCc1ccc(SC)cc1)NCc1ccccc1CN1CCOCC1. The van der Waals surface area contributed by atoms with E-state index in [0.717, 1.165) is 51.9 Å². The van der Waals surface area contributed by atoms with Crippen molar-refractivity contribution in [1.82, 2.24) is 15.5 Å². The molecule has 150 valence electrons. The summed E-state index contributed by atoms with van der Waals surface area (Å²) in [6.45, 7) is 6.13. The molecule has 0 saturated carbocycles. The molecule has 0 radical (unpaired) electrons. The molecule has 2 aromatic carbocycles. The lowest BCUT2D eigenvalue weighted by Gasteiger charge is -2.27. The number of guanidine groups is 1. The molecular formula is C22H30N4OS. The van der Waals surface area contributed by atoms with Crippen LogP contribution < -0.4 is 10.6 Å². The third-order valence-electron chi connectivity index (χ3n) is 4.90. The predicted molar refractivity (Wildman–Crippen MR) is 118 cm³/mol. The molecule has 1 heterocycles. The minimum absolute atomic E-state index is 0.754. The van der Waals surface area contributed by atoms with Crippen LogP contribution in [0.1, 0.15) is 16.7 Å². The molecule has 0 aromatic heterocycles. The van der Waals surface area contributed by atoms with E-state index < -0.39 is 0 Å². The van der Waals surface area contributed by atoms with Crippen LogP contribution in [0.5, 0.6) is 0 Å². The highest BCUT2D eigenvalue weighted by Gasteiger charge is 2.12. The summed E-state index contributed by atoms with van der Waals surface area (Å²) in [5.74, 6) is 0.815. The largest absolute Gasteiger partial charge is 0.379 e. The van der Waals surface area contributed by atoms with Gasteiger partial charge >= 0.3 is 0 Å². The molecule has 1 fully saturated rings. The zero-order chi connectivity index (χ0) is 19.6. The van der Waals surface area contributed by atoms with Crippen LogP contribution in [-0.2, 0) is 24.4 Å². The Labute approximate surface area is 172 Å². The maximum absolute atomic E-state index is 5.46. The van der Waals surface area contributed by atoms with Gasteiger partial charge in [-0.25, -0.2) is 0 Å². The quantitative estimate of drug-likeness (QED) is 0.426. The average molecular weight is 399 g/mol. The average Bonchev–Trinajstić information content (AvgIpc) is 2.76. The second-order valence-corrected chi connectivity index (χ2v) is 7.66. The number of hydrogen-bond acceptors (Lipinski definition) is 4. The maximum Gasteiger partial charge on any atom is 0.191 e. The van der Waals surface area contributed by atoms with Crippen molar-refractivity contribution in [3.63, 3.8) is 0 Å². The van der Waals surface area contributed by atoms with Gasteiger partial charge in [0.1, 0.15) is 0 Å². The summed E-state index contributed by atoms with van der Waals surface area (Å²) >= 11 is 1.76. The molecule has 2 aromatic rings. The van der Waals surface area contributed by atoms with Gasteiger partial charge in [-0.05, 0) is 35.1 Å². The number of nitrogens with zero attached hydrogens (tertiary/aromatic N) is 2. The summed E-state index contributed by atoms with van der Waals surface area (Å²) in [5, 5.41) is 6.85. The lowest BCUT2D eigenvalue weighted by molar-refractivity contribution is 0.0341. The molecule has 0 spiro atoms. The number of aliphatic imine (C=N–C) groups is 1. The Morgan fingerprint density at radius 1 is 1.00 bits per heavy atom. The highest BCUT2D eigenvalue weighted by Crippen LogP contribution is 2.15. The number of ether oxygens (including phenoxy) is 1. The normalized spacial score (nSPS) is 15.4. The number of nitrogens with one attached hydrogen (secondary N) is 2. The first-order valence-corrected chi connectivity index (χ1v) is 11.0. The van der Waals surface area contributed by atoms with Crippen LogP contribution in [-0.4, -0.2) is 50.5 Å². The summed E-state index contributed by atoms with van der Waals surface area (Å²) < 4.78 is 5.46. The molecule has 3 rings (SSSR count). The Morgan fingerprint density at radius 3 is 2.36 bits per heavy atom. The van der Waals surface area contributed by atoms with E-state index in [-0.39, 0.29) is 0 Å². The van der Waals surface area contributed by atoms with Crippen molar-refractivity contribution in [3.8, 4) is 0 Å². The fourth-order valence-corrected chi connectivity index (χ4v) is 3.62. The third kappa shape index (κ3) is 6.26. The van der Waals surface area contributed by atoms with Gasteiger partial charge in [-0.15, -0.1) is 11.8 Å². The van der Waals surface area contributed by atoms with Gasteiger partial charge in [-0.2, -0.15) is 0 Å². The highest BCUT2D eigenvalue weighted by atomic mass is 32.2. The molecule has 1 saturated heterocycles. The number of benzene rings is 2. The topological polar surface area (TPSA) is 48.9 Å². The summed E-state index contributed by atoms with van der Waals surface area (Å²) in [7, 11) is 1.81. The standard InChI is InChI=1S/C22H30N4OS/c1-23-22(24-15-18-7-9-21(28-2)10-8-18)25-16-19-5-3-4-6-20(19)17-26-11-13-27-14-12-26/h3-10H,11-17H2,1-2H3,(H2,23,24,25). The van der Waals surface area contributed by atoms with E-state index in [1.807, 2.05) is 7.05 Å². The van der Waals surface area contributed by atoms with Crippen molar-refractivity contribution in [2.75, 3.05) is 39.6 Å². The van der Waals surface area contributed by atoms with E-state index in [1.54, 1.807) is 11.8 Å². The molecule has 0 amide bonds. The Bertz CT molecular complexity index is 757. The van der Waals surface area contributed by atoms with Crippen molar-refractivity contribution in [2.24, 2.45) is 4.99 Å². The smallest absolute Gasteiger partial charge is 0.191 e. The molecule has 0 bridgehead atoms. The van der Waals surface area contributed by atoms with E-state index >= 15 is 0 Å². The first-order valence-electron chi connectivity index (χ1n) is 9.73. The van der Waals surface area contributed by atoms with E-state index in [4.69, 9.17) is 4.74 Å². The van der Waals surface area contributed by atoms with Gasteiger partial charge in [-0.1, -0.05) is 36.4 Å². The van der Waals surface area contributed by atoms with E-state index in [0.29, 0.717) is 0 Å². The second kappa shape index (κ2) is 11.1. The Kier molecular flexibility index (Phi) is 8.21. The fraction of sp³-hybridized carbons (Fsp3) is 0.409. The molecule has 2 N–H and O–H groups in total. The van der Waals surface area contributed by atoms with Crippen molar-refractivity contribution in [3.05, 3.63) is 65.2 Å². The maximum atomic E-state index is 5.46. The van der Waals surface area contributed by atoms with Crippen LogP contribution in [0.4, 0.5) is 0 Å². The lowest BCUT2D eigenvalue weighted by atomic mass is 10.1. The molecular weight excluding hydrogens is 368 g/mol. The number of morpholine rings is 1. The predicted octanol–water partition coefficient (Wildman–Crippen LogP) is 3.11. The van der Waals surface area contributed by atoms with Crippen molar-refractivity contribution < 1.29 is 4.74 Å². The highest BCUT2D eigenvalue weighted by molar-refractivity contribution is 7.98. The van der Waals surface area contributed by atoms with Gasteiger partial charge in [0.2, 0.25) is 0 Å². The van der Waals surface area contributed by atoms with Gasteiger partial charge in [0.05, 0.1) is 13.2 Å². The molecule has 5 nitrogen and oxygen atoms in total. The zero-order valence-corrected chi connectivity index (χ0v) is 17.6. The summed E-state index contributed by atoms with van der Waals surface area (Å²) in [4.78, 5) is 8.09. The van der Waals surface area contributed by atoms with Crippen LogP contribution in [0.25, 0.3) is 0 Å². The second-order valence-electron chi connectivity index (χ2n) is 6.78. The van der Waals surface area contributed by atoms with Crippen molar-refractivity contribution in [1.29, 1.82) is 0 Å². The van der Waals surface area contributed by atoms with Crippen LogP contribution in [0, 0.1) is 0 Å². The minimum Gasteiger partial charge on any atom is -0.379 e. The molecule has 0 atom stereocenters. The van der Waals surface area contributed by atoms with Crippen molar-refractivity contribution >= 4 is 17.7 Å². The molecule has 28 heavy (non-hydrogen) atoms. The van der Waals surface area contributed by atoms with Crippen LogP contribution in [0.15, 0.2) is 58.4 Å². The van der Waals surface area contributed by atoms with Gasteiger partial charge in [0, 0.05) is 44.7 Å². The van der Waals surface area contributed by atoms with Gasteiger partial charge in [0.25, 0.3) is 0 Å². The van der Waals surface area contributed by atoms with Crippen molar-refractivity contribution in [2.45, 2.75) is 24.5 Å². The molecule has 1 aliphatic heterocycles. The zero-order valence-electron chi connectivity index (χ0n) is 16.8. The summed E-state index contributed by atoms with van der Waals surface area (Å²) in [6.07, 6.45) is 2.09. The first-order chi connectivity index (χ1) is 13.8. The Hall–Kier alpha value is -2.02. The van der Waals surface area contributed by atoms with Gasteiger partial charge in [-0.3, -0.25) is 9.89 Å². The van der Waals surface area contributed by atoms with Crippen LogP contribution in [0.3, 0.4) is 0 Å². The van der Waals surface area contributed by atoms with Crippen LogP contribution >= 0.6 is 11.8 Å². The Morgan fingerprint density at radius 2 is 1.68 bits per heavy atom. The van der Waals surface area contributed by atoms with Gasteiger partial charge < -0.3 is 15.4 Å². The summed E-state index contributed by atoms with van der Waals surface area (Å²) in [5.41, 5.74) is 3.91. The van der Waals surface area contributed by atoms with E-state index in [1.165, 1.54) is 21.6 Å². The molecule has 0 aliphatic carbocycles. The lowest BCUT2D eigenvalue weighted by Crippen LogP contribution is -2.37. The number of thioether (sulfide) groups is 1. The van der Waals surface area contributed by atoms with Crippen LogP contribution in [0.2, 0.25) is 0 Å². The molecule has 1 aliphatic rings.